The van der Waals surface area contributed by atoms with E-state index >= 15 is 0 Å². The maximum absolute atomic E-state index is 11.6. The maximum Gasteiger partial charge on any atom is 0.490 e. The first-order valence-electron chi connectivity index (χ1n) is 6.76. The number of nitrogens with zero attached hydrogens (tertiary/aromatic N) is 1. The van der Waals surface area contributed by atoms with Crippen LogP contribution < -0.4 is 11.1 Å². The number of nitrogens with two attached hydrogens (primary N) is 1. The summed E-state index contributed by atoms with van der Waals surface area (Å²) in [5.41, 5.74) is 6.73. The van der Waals surface area contributed by atoms with Crippen molar-refractivity contribution in [2.45, 2.75) is 39.0 Å². The quantitative estimate of drug-likeness (QED) is 0.759. The van der Waals surface area contributed by atoms with E-state index in [-0.39, 0.29) is 5.91 Å². The largest absolute Gasteiger partial charge is 0.490 e. The molecular formula is C14H20F3N3O3. The molecule has 0 aliphatic rings. The van der Waals surface area contributed by atoms with Gasteiger partial charge in [-0.15, -0.1) is 0 Å². The van der Waals surface area contributed by atoms with Crippen molar-refractivity contribution < 1.29 is 27.9 Å². The zero-order valence-electron chi connectivity index (χ0n) is 12.8. The minimum absolute atomic E-state index is 0.0995. The Morgan fingerprint density at radius 2 is 1.96 bits per heavy atom. The number of halogens is 3. The van der Waals surface area contributed by atoms with Crippen LogP contribution in [0.2, 0.25) is 0 Å². The Morgan fingerprint density at radius 1 is 1.39 bits per heavy atom. The third kappa shape index (κ3) is 10.2. The van der Waals surface area contributed by atoms with Crippen LogP contribution in [-0.4, -0.2) is 34.2 Å². The van der Waals surface area contributed by atoms with Gasteiger partial charge in [0.1, 0.15) is 0 Å². The second kappa shape index (κ2) is 9.78. The molecule has 1 atom stereocenters. The Morgan fingerprint density at radius 3 is 2.35 bits per heavy atom. The van der Waals surface area contributed by atoms with Crippen molar-refractivity contribution in [2.24, 2.45) is 11.7 Å². The van der Waals surface area contributed by atoms with E-state index in [1.807, 2.05) is 26.0 Å². The molecule has 0 saturated heterocycles. The molecule has 1 aromatic rings. The lowest BCUT2D eigenvalue weighted by Gasteiger charge is -2.13. The SMILES string of the molecule is CC(C)CC(N)C(=O)NCc1cccnc1.O=C(O)C(F)(F)F. The normalized spacial score (nSPS) is 12.1. The van der Waals surface area contributed by atoms with Crippen molar-refractivity contribution in [3.8, 4) is 0 Å². The number of nitrogens with one attached hydrogen (secondary N) is 1. The lowest BCUT2D eigenvalue weighted by molar-refractivity contribution is -0.192. The molecule has 130 valence electrons. The van der Waals surface area contributed by atoms with Gasteiger partial charge in [-0.3, -0.25) is 9.78 Å². The standard InChI is InChI=1S/C12H19N3O.C2HF3O2/c1-9(2)6-11(13)12(16)15-8-10-4-3-5-14-7-10;3-2(4,5)1(6)7/h3-5,7,9,11H,6,8,13H2,1-2H3,(H,15,16);(H,6,7). The van der Waals surface area contributed by atoms with E-state index in [1.165, 1.54) is 0 Å². The summed E-state index contributed by atoms with van der Waals surface area (Å²) in [6.45, 7) is 4.58. The minimum Gasteiger partial charge on any atom is -0.475 e. The highest BCUT2D eigenvalue weighted by Crippen LogP contribution is 2.13. The Kier molecular flexibility index (Phi) is 8.86. The zero-order valence-corrected chi connectivity index (χ0v) is 12.8. The van der Waals surface area contributed by atoms with Crippen molar-refractivity contribution in [2.75, 3.05) is 0 Å². The molecule has 0 spiro atoms. The summed E-state index contributed by atoms with van der Waals surface area (Å²) in [4.78, 5) is 24.5. The Balaban J connectivity index is 0.000000585. The van der Waals surface area contributed by atoms with Gasteiger partial charge in [-0.25, -0.2) is 4.79 Å². The highest BCUT2D eigenvalue weighted by molar-refractivity contribution is 5.81. The topological polar surface area (TPSA) is 105 Å². The first-order chi connectivity index (χ1) is 10.5. The van der Waals surface area contributed by atoms with Crippen molar-refractivity contribution in [3.63, 3.8) is 0 Å². The minimum atomic E-state index is -5.08. The van der Waals surface area contributed by atoms with Gasteiger partial charge >= 0.3 is 12.1 Å². The van der Waals surface area contributed by atoms with Crippen LogP contribution in [0.3, 0.4) is 0 Å². The van der Waals surface area contributed by atoms with Gasteiger partial charge in [0.25, 0.3) is 0 Å². The fraction of sp³-hybridized carbons (Fsp3) is 0.500. The average molecular weight is 335 g/mol. The molecular weight excluding hydrogens is 315 g/mol. The number of hydrogen-bond donors (Lipinski definition) is 3. The number of aliphatic carboxylic acids is 1. The van der Waals surface area contributed by atoms with Crippen LogP contribution in [0.1, 0.15) is 25.8 Å². The van der Waals surface area contributed by atoms with E-state index in [2.05, 4.69) is 10.3 Å². The smallest absolute Gasteiger partial charge is 0.475 e. The van der Waals surface area contributed by atoms with Gasteiger partial charge in [0.15, 0.2) is 0 Å². The van der Waals surface area contributed by atoms with Gasteiger partial charge in [0.2, 0.25) is 5.91 Å². The summed E-state index contributed by atoms with van der Waals surface area (Å²) in [5, 5.41) is 9.93. The maximum atomic E-state index is 11.6. The van der Waals surface area contributed by atoms with Gasteiger partial charge < -0.3 is 16.2 Å². The van der Waals surface area contributed by atoms with Gasteiger partial charge in [0, 0.05) is 18.9 Å². The number of alkyl halides is 3. The van der Waals surface area contributed by atoms with E-state index in [0.29, 0.717) is 18.9 Å². The lowest BCUT2D eigenvalue weighted by Crippen LogP contribution is -2.41. The molecule has 1 rings (SSSR count). The summed E-state index contributed by atoms with van der Waals surface area (Å²) in [5.74, 6) is -2.43. The fourth-order valence-corrected chi connectivity index (χ4v) is 1.44. The Bertz CT molecular complexity index is 493. The van der Waals surface area contributed by atoms with Crippen LogP contribution in [0.15, 0.2) is 24.5 Å². The summed E-state index contributed by atoms with van der Waals surface area (Å²) in [6, 6.07) is 3.34. The van der Waals surface area contributed by atoms with Crippen LogP contribution in [0, 0.1) is 5.92 Å². The first kappa shape index (κ1) is 20.8. The number of carboxylic acids is 1. The molecule has 0 aliphatic heterocycles. The molecule has 0 aromatic carbocycles. The van der Waals surface area contributed by atoms with E-state index < -0.39 is 18.2 Å². The first-order valence-corrected chi connectivity index (χ1v) is 6.76. The van der Waals surface area contributed by atoms with Crippen LogP contribution in [0.5, 0.6) is 0 Å². The molecule has 0 aliphatic carbocycles. The van der Waals surface area contributed by atoms with Crippen LogP contribution in [0.4, 0.5) is 13.2 Å². The molecule has 0 bridgehead atoms. The Labute approximate surface area is 131 Å². The third-order valence-electron chi connectivity index (χ3n) is 2.49. The van der Waals surface area contributed by atoms with Gasteiger partial charge in [-0.05, 0) is 24.0 Å². The number of hydrogen-bond acceptors (Lipinski definition) is 4. The van der Waals surface area contributed by atoms with Crippen molar-refractivity contribution in [1.29, 1.82) is 0 Å². The van der Waals surface area contributed by atoms with Gasteiger partial charge in [0.05, 0.1) is 6.04 Å². The summed E-state index contributed by atoms with van der Waals surface area (Å²) in [6.07, 6.45) is -0.942. The van der Waals surface area contributed by atoms with Gasteiger partial charge in [-0.2, -0.15) is 13.2 Å². The fourth-order valence-electron chi connectivity index (χ4n) is 1.44. The number of carbonyl (C=O) groups excluding carboxylic acids is 1. The number of carboxylic acid groups (broad SMARTS) is 1. The van der Waals surface area contributed by atoms with Crippen molar-refractivity contribution in [3.05, 3.63) is 30.1 Å². The molecule has 0 saturated carbocycles. The van der Waals surface area contributed by atoms with Gasteiger partial charge in [-0.1, -0.05) is 19.9 Å². The zero-order chi connectivity index (χ0) is 18.0. The molecule has 1 unspecified atom stereocenters. The number of pyridine rings is 1. The third-order valence-corrected chi connectivity index (χ3v) is 2.49. The predicted octanol–water partition coefficient (Wildman–Crippen LogP) is 1.70. The number of carbonyl (C=O) groups is 2. The molecule has 1 heterocycles. The molecule has 6 nitrogen and oxygen atoms in total. The second-order valence-electron chi connectivity index (χ2n) is 5.12. The van der Waals surface area contributed by atoms with Crippen LogP contribution in [0.25, 0.3) is 0 Å². The van der Waals surface area contributed by atoms with Crippen LogP contribution >= 0.6 is 0 Å². The monoisotopic (exact) mass is 335 g/mol. The van der Waals surface area contributed by atoms with Crippen molar-refractivity contribution >= 4 is 11.9 Å². The highest BCUT2D eigenvalue weighted by Gasteiger charge is 2.38. The summed E-state index contributed by atoms with van der Waals surface area (Å²) >= 11 is 0. The molecule has 4 N–H and O–H groups in total. The van der Waals surface area contributed by atoms with Crippen molar-refractivity contribution in [1.82, 2.24) is 10.3 Å². The predicted molar refractivity (Wildman–Crippen MR) is 77.2 cm³/mol. The Hall–Kier alpha value is -2.16. The molecule has 0 radical (unpaired) electrons. The van der Waals surface area contributed by atoms with E-state index in [4.69, 9.17) is 15.6 Å². The van der Waals surface area contributed by atoms with E-state index in [0.717, 1.165) is 5.56 Å². The highest BCUT2D eigenvalue weighted by atomic mass is 19.4. The summed E-state index contributed by atoms with van der Waals surface area (Å²) in [7, 11) is 0. The molecule has 1 amide bonds. The number of rotatable bonds is 5. The summed E-state index contributed by atoms with van der Waals surface area (Å²) < 4.78 is 31.7. The average Bonchev–Trinajstić information content (AvgIpc) is 2.44. The number of amides is 1. The second-order valence-corrected chi connectivity index (χ2v) is 5.12. The lowest BCUT2D eigenvalue weighted by atomic mass is 10.0. The van der Waals surface area contributed by atoms with E-state index in [9.17, 15) is 18.0 Å². The molecule has 0 fully saturated rings. The van der Waals surface area contributed by atoms with Crippen LogP contribution in [-0.2, 0) is 16.1 Å². The van der Waals surface area contributed by atoms with E-state index in [1.54, 1.807) is 12.4 Å². The molecule has 9 heteroatoms. The number of aromatic nitrogens is 1. The molecule has 1 aromatic heterocycles. The molecule has 23 heavy (non-hydrogen) atoms.